The molecule has 4 nitrogen and oxygen atoms in total. The maximum absolute atomic E-state index is 12.8. The molecule has 24 heavy (non-hydrogen) atoms. The number of allylic oxidation sites excluding steroid dienone is 3. The van der Waals surface area contributed by atoms with Gasteiger partial charge in [0.25, 0.3) is 0 Å². The lowest BCUT2D eigenvalue weighted by Crippen LogP contribution is -2.30. The minimum atomic E-state index is -3.83. The van der Waals surface area contributed by atoms with Crippen molar-refractivity contribution in [3.05, 3.63) is 53.1 Å². The molecule has 1 aromatic carbocycles. The van der Waals surface area contributed by atoms with Crippen LogP contribution in [0.2, 0.25) is 0 Å². The number of hydrogen-bond acceptors (Lipinski definition) is 4. The summed E-state index contributed by atoms with van der Waals surface area (Å²) in [6, 6.07) is 6.47. The van der Waals surface area contributed by atoms with E-state index in [-0.39, 0.29) is 4.90 Å². The van der Waals surface area contributed by atoms with Gasteiger partial charge >= 0.3 is 5.97 Å². The predicted octanol–water partition coefficient (Wildman–Crippen LogP) is 4.00. The van der Waals surface area contributed by atoms with Crippen molar-refractivity contribution in [3.63, 3.8) is 0 Å². The third-order valence-electron chi connectivity index (χ3n) is 3.64. The zero-order valence-electron chi connectivity index (χ0n) is 15.0. The molecule has 132 valence electrons. The fourth-order valence-corrected chi connectivity index (χ4v) is 3.77. The summed E-state index contributed by atoms with van der Waals surface area (Å²) in [6.07, 6.45) is 5.09. The molecule has 0 amide bonds. The molecule has 0 aliphatic rings. The smallest absolute Gasteiger partial charge is 0.328 e. The van der Waals surface area contributed by atoms with E-state index in [9.17, 15) is 13.2 Å². The second-order valence-electron chi connectivity index (χ2n) is 6.13. The van der Waals surface area contributed by atoms with Gasteiger partial charge in [0.1, 0.15) is 0 Å². The standard InChI is InChI=1S/C19H26O4S/c1-14(2)7-6-8-16(4)13-18(19(20)23-5)24(21,22)17-11-9-15(3)10-12-17/h7,9-13,18H,6,8H2,1-5H3/b16-13+. The first-order chi connectivity index (χ1) is 11.2. The Balaban J connectivity index is 3.14. The van der Waals surface area contributed by atoms with Crippen molar-refractivity contribution in [2.24, 2.45) is 0 Å². The molecule has 0 radical (unpaired) electrons. The van der Waals surface area contributed by atoms with Gasteiger partial charge in [-0.15, -0.1) is 0 Å². The molecule has 0 saturated carbocycles. The number of carbonyl (C=O) groups excluding carboxylic acids is 1. The number of carbonyl (C=O) groups is 1. The number of aryl methyl sites for hydroxylation is 1. The monoisotopic (exact) mass is 350 g/mol. The van der Waals surface area contributed by atoms with Crippen LogP contribution >= 0.6 is 0 Å². The lowest BCUT2D eigenvalue weighted by atomic mass is 10.1. The molecular weight excluding hydrogens is 324 g/mol. The number of methoxy groups -OCH3 is 1. The average molecular weight is 350 g/mol. The van der Waals surface area contributed by atoms with Gasteiger partial charge in [0, 0.05) is 0 Å². The molecule has 0 aliphatic heterocycles. The van der Waals surface area contributed by atoms with E-state index in [0.29, 0.717) is 6.42 Å². The van der Waals surface area contributed by atoms with Crippen LogP contribution in [-0.2, 0) is 19.4 Å². The van der Waals surface area contributed by atoms with E-state index >= 15 is 0 Å². The maximum atomic E-state index is 12.8. The van der Waals surface area contributed by atoms with Gasteiger partial charge in [0.15, 0.2) is 15.1 Å². The number of sulfone groups is 1. The minimum Gasteiger partial charge on any atom is -0.468 e. The molecule has 0 spiro atoms. The van der Waals surface area contributed by atoms with Gasteiger partial charge < -0.3 is 4.74 Å². The predicted molar refractivity (Wildman–Crippen MR) is 96.6 cm³/mol. The molecule has 1 aromatic rings. The highest BCUT2D eigenvalue weighted by Gasteiger charge is 2.33. The Kier molecular flexibility index (Phi) is 7.42. The Bertz CT molecular complexity index is 721. The second kappa shape index (κ2) is 8.83. The minimum absolute atomic E-state index is 0.122. The molecule has 0 heterocycles. The lowest BCUT2D eigenvalue weighted by molar-refractivity contribution is -0.139. The van der Waals surface area contributed by atoms with Gasteiger partial charge in [-0.1, -0.05) is 41.0 Å². The fourth-order valence-electron chi connectivity index (χ4n) is 2.21. The Morgan fingerprint density at radius 3 is 2.25 bits per heavy atom. The van der Waals surface area contributed by atoms with E-state index in [2.05, 4.69) is 6.08 Å². The summed E-state index contributed by atoms with van der Waals surface area (Å²) in [5.41, 5.74) is 3.01. The summed E-state index contributed by atoms with van der Waals surface area (Å²) in [4.78, 5) is 12.2. The van der Waals surface area contributed by atoms with Gasteiger partial charge in [-0.2, -0.15) is 0 Å². The summed E-state index contributed by atoms with van der Waals surface area (Å²) < 4.78 is 30.3. The highest BCUT2D eigenvalue weighted by molar-refractivity contribution is 7.93. The van der Waals surface area contributed by atoms with Crippen molar-refractivity contribution in [2.45, 2.75) is 50.7 Å². The third-order valence-corrected chi connectivity index (χ3v) is 5.57. The molecule has 0 N–H and O–H groups in total. The van der Waals surface area contributed by atoms with E-state index < -0.39 is 21.1 Å². The van der Waals surface area contributed by atoms with Crippen molar-refractivity contribution in [1.29, 1.82) is 0 Å². The van der Waals surface area contributed by atoms with Crippen LogP contribution in [0.25, 0.3) is 0 Å². The highest BCUT2D eigenvalue weighted by atomic mass is 32.2. The van der Waals surface area contributed by atoms with Crippen molar-refractivity contribution in [3.8, 4) is 0 Å². The molecule has 0 aromatic heterocycles. The van der Waals surface area contributed by atoms with Crippen LogP contribution in [0.1, 0.15) is 39.2 Å². The van der Waals surface area contributed by atoms with E-state index in [0.717, 1.165) is 17.6 Å². The van der Waals surface area contributed by atoms with Crippen molar-refractivity contribution in [2.75, 3.05) is 7.11 Å². The fraction of sp³-hybridized carbons (Fsp3) is 0.421. The van der Waals surface area contributed by atoms with Crippen molar-refractivity contribution in [1.82, 2.24) is 0 Å². The van der Waals surface area contributed by atoms with Crippen molar-refractivity contribution >= 4 is 15.8 Å². The Hall–Kier alpha value is -1.88. The molecular formula is C19H26O4S. The number of rotatable bonds is 7. The summed E-state index contributed by atoms with van der Waals surface area (Å²) in [6.45, 7) is 7.73. The van der Waals surface area contributed by atoms with Crippen LogP contribution in [0.4, 0.5) is 0 Å². The van der Waals surface area contributed by atoms with Gasteiger partial charge in [-0.05, 0) is 52.7 Å². The summed E-state index contributed by atoms with van der Waals surface area (Å²) in [5, 5.41) is -1.32. The normalized spacial score (nSPS) is 13.3. The lowest BCUT2D eigenvalue weighted by Gasteiger charge is -2.14. The van der Waals surface area contributed by atoms with Gasteiger partial charge in [-0.25, -0.2) is 8.42 Å². The molecule has 1 unspecified atom stereocenters. The first-order valence-corrected chi connectivity index (χ1v) is 9.42. The van der Waals surface area contributed by atoms with E-state index in [4.69, 9.17) is 4.74 Å². The van der Waals surface area contributed by atoms with Gasteiger partial charge in [-0.3, -0.25) is 4.79 Å². The Labute approximate surface area is 145 Å². The van der Waals surface area contributed by atoms with Crippen LogP contribution < -0.4 is 0 Å². The molecule has 0 saturated heterocycles. The quantitative estimate of drug-likeness (QED) is 0.551. The molecule has 5 heteroatoms. The molecule has 1 atom stereocenters. The number of esters is 1. The maximum Gasteiger partial charge on any atom is 0.328 e. The van der Waals surface area contributed by atoms with E-state index in [1.54, 1.807) is 12.1 Å². The number of hydrogen-bond donors (Lipinski definition) is 0. The van der Waals surface area contributed by atoms with Crippen LogP contribution in [0, 0.1) is 6.92 Å². The molecule has 0 fully saturated rings. The topological polar surface area (TPSA) is 60.4 Å². The zero-order valence-corrected chi connectivity index (χ0v) is 15.8. The largest absolute Gasteiger partial charge is 0.468 e. The number of benzene rings is 1. The van der Waals surface area contributed by atoms with E-state index in [1.807, 2.05) is 27.7 Å². The first-order valence-electron chi connectivity index (χ1n) is 7.87. The van der Waals surface area contributed by atoms with Crippen LogP contribution in [0.15, 0.2) is 52.5 Å². The average Bonchev–Trinajstić information content (AvgIpc) is 2.51. The highest BCUT2D eigenvalue weighted by Crippen LogP contribution is 2.21. The Morgan fingerprint density at radius 2 is 1.75 bits per heavy atom. The summed E-state index contributed by atoms with van der Waals surface area (Å²) in [7, 11) is -2.63. The van der Waals surface area contributed by atoms with Crippen LogP contribution in [0.3, 0.4) is 0 Å². The molecule has 0 bridgehead atoms. The van der Waals surface area contributed by atoms with Crippen LogP contribution in [0.5, 0.6) is 0 Å². The van der Waals surface area contributed by atoms with Gasteiger partial charge in [0.05, 0.1) is 12.0 Å². The van der Waals surface area contributed by atoms with Crippen molar-refractivity contribution < 1.29 is 17.9 Å². The third kappa shape index (κ3) is 5.64. The first kappa shape index (κ1) is 20.2. The van der Waals surface area contributed by atoms with Crippen LogP contribution in [-0.4, -0.2) is 26.7 Å². The molecule has 0 aliphatic carbocycles. The Morgan fingerprint density at radius 1 is 1.17 bits per heavy atom. The SMILES string of the molecule is COC(=O)C(/C=C(\C)CCC=C(C)C)S(=O)(=O)c1ccc(C)cc1. The van der Waals surface area contributed by atoms with E-state index in [1.165, 1.54) is 30.9 Å². The number of ether oxygens (including phenoxy) is 1. The zero-order chi connectivity index (χ0) is 18.3. The summed E-state index contributed by atoms with van der Waals surface area (Å²) in [5.74, 6) is -0.767. The second-order valence-corrected chi connectivity index (χ2v) is 8.20. The summed E-state index contributed by atoms with van der Waals surface area (Å²) >= 11 is 0. The molecule has 1 rings (SSSR count). The van der Waals surface area contributed by atoms with Gasteiger partial charge in [0.2, 0.25) is 0 Å².